The number of aromatic nitrogens is 3. The zero-order chi connectivity index (χ0) is 17.7. The van der Waals surface area contributed by atoms with Crippen molar-refractivity contribution in [2.45, 2.75) is 19.1 Å². The smallest absolute Gasteiger partial charge is 0.422 e. The maximum atomic E-state index is 12.1. The topological polar surface area (TPSA) is 103 Å². The van der Waals surface area contributed by atoms with Gasteiger partial charge in [-0.3, -0.25) is 4.79 Å². The van der Waals surface area contributed by atoms with E-state index in [1.807, 2.05) is 0 Å². The molecule has 3 N–H and O–H groups in total. The summed E-state index contributed by atoms with van der Waals surface area (Å²) in [5, 5.41) is 2.67. The highest BCUT2D eigenvalue weighted by Crippen LogP contribution is 2.19. The molecule has 0 saturated carbocycles. The molecule has 2 rings (SSSR count). The van der Waals surface area contributed by atoms with E-state index in [4.69, 9.17) is 5.73 Å². The lowest BCUT2D eigenvalue weighted by Crippen LogP contribution is -2.27. The van der Waals surface area contributed by atoms with Crippen LogP contribution in [-0.2, 0) is 0 Å². The van der Waals surface area contributed by atoms with Crippen LogP contribution in [0.5, 0.6) is 5.88 Å². The van der Waals surface area contributed by atoms with Crippen molar-refractivity contribution in [2.24, 2.45) is 0 Å². The average Bonchev–Trinajstić information content (AvgIpc) is 2.52. The number of amides is 1. The number of carbonyl (C=O) groups is 1. The Hall–Kier alpha value is -2.91. The Bertz CT molecular complexity index is 706. The van der Waals surface area contributed by atoms with Crippen LogP contribution in [0.3, 0.4) is 0 Å². The third-order valence-electron chi connectivity index (χ3n) is 2.91. The van der Waals surface area contributed by atoms with E-state index in [0.29, 0.717) is 5.56 Å². The predicted octanol–water partition coefficient (Wildman–Crippen LogP) is 1.89. The van der Waals surface area contributed by atoms with Crippen molar-refractivity contribution >= 4 is 11.7 Å². The fraction of sp³-hybridized carbons (Fsp3) is 0.286. The van der Waals surface area contributed by atoms with E-state index < -0.39 is 24.7 Å². The van der Waals surface area contributed by atoms with Crippen molar-refractivity contribution in [3.05, 3.63) is 42.0 Å². The van der Waals surface area contributed by atoms with Gasteiger partial charge in [0.25, 0.3) is 5.91 Å². The number of rotatable bonds is 5. The van der Waals surface area contributed by atoms with Crippen LogP contribution in [-0.4, -0.2) is 33.6 Å². The van der Waals surface area contributed by atoms with Gasteiger partial charge in [0.1, 0.15) is 17.8 Å². The second kappa shape index (κ2) is 7.11. The van der Waals surface area contributed by atoms with Gasteiger partial charge in [0.05, 0.1) is 6.04 Å². The van der Waals surface area contributed by atoms with Gasteiger partial charge in [-0.2, -0.15) is 13.2 Å². The van der Waals surface area contributed by atoms with E-state index in [9.17, 15) is 18.0 Å². The van der Waals surface area contributed by atoms with Gasteiger partial charge in [0.15, 0.2) is 6.61 Å². The molecule has 7 nitrogen and oxygen atoms in total. The molecule has 0 spiro atoms. The van der Waals surface area contributed by atoms with Crippen LogP contribution >= 0.6 is 0 Å². The fourth-order valence-corrected chi connectivity index (χ4v) is 1.74. The molecule has 0 aliphatic carbocycles. The number of anilines is 1. The lowest BCUT2D eigenvalue weighted by atomic mass is 10.1. The summed E-state index contributed by atoms with van der Waals surface area (Å²) < 4.78 is 40.7. The molecule has 0 radical (unpaired) electrons. The Morgan fingerprint density at radius 1 is 1.33 bits per heavy atom. The highest BCUT2D eigenvalue weighted by molar-refractivity contribution is 5.93. The Kier molecular flexibility index (Phi) is 5.17. The van der Waals surface area contributed by atoms with E-state index in [2.05, 4.69) is 25.0 Å². The molecule has 0 bridgehead atoms. The van der Waals surface area contributed by atoms with Crippen LogP contribution in [0.15, 0.2) is 30.7 Å². The van der Waals surface area contributed by atoms with Crippen LogP contribution in [0.25, 0.3) is 0 Å². The Morgan fingerprint density at radius 2 is 2.08 bits per heavy atom. The maximum Gasteiger partial charge on any atom is 0.422 e. The second-order valence-electron chi connectivity index (χ2n) is 4.86. The number of nitrogens with one attached hydrogen (secondary N) is 1. The summed E-state index contributed by atoms with van der Waals surface area (Å²) in [6, 6.07) is 3.69. The molecule has 10 heteroatoms. The molecule has 0 aromatic carbocycles. The summed E-state index contributed by atoms with van der Waals surface area (Å²) in [6.45, 7) is 0.274. The largest absolute Gasteiger partial charge is 0.468 e. The first kappa shape index (κ1) is 17.4. The molecular formula is C14H14F3N5O2. The third-order valence-corrected chi connectivity index (χ3v) is 2.91. The molecule has 128 valence electrons. The molecule has 0 fully saturated rings. The molecule has 0 aliphatic rings. The van der Waals surface area contributed by atoms with Crippen LogP contribution in [0.4, 0.5) is 19.0 Å². The first-order valence-electron chi connectivity index (χ1n) is 6.78. The van der Waals surface area contributed by atoms with E-state index in [1.165, 1.54) is 30.7 Å². The molecule has 2 aromatic rings. The Labute approximate surface area is 135 Å². The molecular weight excluding hydrogens is 327 g/mol. The van der Waals surface area contributed by atoms with Crippen LogP contribution in [0, 0.1) is 0 Å². The summed E-state index contributed by atoms with van der Waals surface area (Å²) in [5.74, 6) is -0.456. The highest BCUT2D eigenvalue weighted by Gasteiger charge is 2.28. The number of alkyl halides is 3. The van der Waals surface area contributed by atoms with Crippen molar-refractivity contribution in [3.63, 3.8) is 0 Å². The number of halogens is 3. The standard InChI is InChI=1S/C14H14F3N5O2/c1-8(22-13(23)10-4-11(18)21-7-20-10)9-2-3-12(19-5-9)24-6-14(15,16)17/h2-5,7-8H,6H2,1H3,(H,22,23)(H2,18,20,21). The zero-order valence-corrected chi connectivity index (χ0v) is 12.5. The van der Waals surface area contributed by atoms with Gasteiger partial charge < -0.3 is 15.8 Å². The molecule has 2 aromatic heterocycles. The molecule has 1 unspecified atom stereocenters. The quantitative estimate of drug-likeness (QED) is 0.861. The summed E-state index contributed by atoms with van der Waals surface area (Å²) in [4.78, 5) is 23.3. The lowest BCUT2D eigenvalue weighted by Gasteiger charge is -2.14. The molecule has 0 saturated heterocycles. The third kappa shape index (κ3) is 5.07. The summed E-state index contributed by atoms with van der Waals surface area (Å²) in [6.07, 6.45) is -1.94. The van der Waals surface area contributed by atoms with Crippen molar-refractivity contribution < 1.29 is 22.7 Å². The van der Waals surface area contributed by atoms with Crippen LogP contribution in [0.1, 0.15) is 29.0 Å². The summed E-state index contributed by atoms with van der Waals surface area (Å²) in [5.41, 5.74) is 6.17. The molecule has 24 heavy (non-hydrogen) atoms. The molecule has 1 atom stereocenters. The van der Waals surface area contributed by atoms with Gasteiger partial charge in [-0.15, -0.1) is 0 Å². The fourth-order valence-electron chi connectivity index (χ4n) is 1.74. The molecule has 2 heterocycles. The number of hydrogen-bond acceptors (Lipinski definition) is 6. The van der Waals surface area contributed by atoms with Crippen molar-refractivity contribution in [3.8, 4) is 5.88 Å². The normalized spacial score (nSPS) is 12.5. The van der Waals surface area contributed by atoms with E-state index >= 15 is 0 Å². The number of hydrogen-bond donors (Lipinski definition) is 2. The first-order valence-corrected chi connectivity index (χ1v) is 6.78. The number of ether oxygens (including phenoxy) is 1. The number of nitrogen functional groups attached to an aromatic ring is 1. The minimum atomic E-state index is -4.43. The number of nitrogens with zero attached hydrogens (tertiary/aromatic N) is 3. The highest BCUT2D eigenvalue weighted by atomic mass is 19.4. The van der Waals surface area contributed by atoms with Gasteiger partial charge in [-0.1, -0.05) is 6.07 Å². The van der Waals surface area contributed by atoms with Crippen LogP contribution in [0.2, 0.25) is 0 Å². The SMILES string of the molecule is CC(NC(=O)c1cc(N)ncn1)c1ccc(OCC(F)(F)F)nc1. The zero-order valence-electron chi connectivity index (χ0n) is 12.5. The summed E-state index contributed by atoms with van der Waals surface area (Å²) >= 11 is 0. The van der Waals surface area contributed by atoms with Gasteiger partial charge in [0, 0.05) is 18.3 Å². The monoisotopic (exact) mass is 341 g/mol. The Morgan fingerprint density at radius 3 is 2.67 bits per heavy atom. The van der Waals surface area contributed by atoms with E-state index in [-0.39, 0.29) is 17.4 Å². The second-order valence-corrected chi connectivity index (χ2v) is 4.86. The van der Waals surface area contributed by atoms with Crippen molar-refractivity contribution in [1.29, 1.82) is 0 Å². The van der Waals surface area contributed by atoms with E-state index in [0.717, 1.165) is 0 Å². The average molecular weight is 341 g/mol. The van der Waals surface area contributed by atoms with Gasteiger partial charge >= 0.3 is 6.18 Å². The lowest BCUT2D eigenvalue weighted by molar-refractivity contribution is -0.154. The van der Waals surface area contributed by atoms with Gasteiger partial charge in [-0.05, 0) is 12.5 Å². The first-order chi connectivity index (χ1) is 11.2. The van der Waals surface area contributed by atoms with Crippen LogP contribution < -0.4 is 15.8 Å². The molecule has 0 aliphatic heterocycles. The number of pyridine rings is 1. The predicted molar refractivity (Wildman–Crippen MR) is 78.1 cm³/mol. The molecule has 1 amide bonds. The maximum absolute atomic E-state index is 12.1. The van der Waals surface area contributed by atoms with Gasteiger partial charge in [0.2, 0.25) is 5.88 Å². The summed E-state index contributed by atoms with van der Waals surface area (Å²) in [7, 11) is 0. The minimum Gasteiger partial charge on any atom is -0.468 e. The van der Waals surface area contributed by atoms with Gasteiger partial charge in [-0.25, -0.2) is 15.0 Å². The van der Waals surface area contributed by atoms with E-state index in [1.54, 1.807) is 6.92 Å². The number of nitrogens with two attached hydrogens (primary N) is 1. The van der Waals surface area contributed by atoms with Crippen molar-refractivity contribution in [2.75, 3.05) is 12.3 Å². The Balaban J connectivity index is 1.97. The number of carbonyl (C=O) groups excluding carboxylic acids is 1. The van der Waals surface area contributed by atoms with Crippen molar-refractivity contribution in [1.82, 2.24) is 20.3 Å². The minimum absolute atomic E-state index is 0.104.